The number of hydrogen-bond acceptors (Lipinski definition) is 4. The van der Waals surface area contributed by atoms with Crippen LogP contribution >= 0.6 is 0 Å². The Labute approximate surface area is 269 Å². The summed E-state index contributed by atoms with van der Waals surface area (Å²) in [5.41, 5.74) is 0. The summed E-state index contributed by atoms with van der Waals surface area (Å²) in [6, 6.07) is 0. The van der Waals surface area contributed by atoms with E-state index in [1.165, 1.54) is 141 Å². The minimum atomic E-state index is -0.904. The van der Waals surface area contributed by atoms with E-state index in [9.17, 15) is 19.8 Å². The third kappa shape index (κ3) is 49.6. The summed E-state index contributed by atoms with van der Waals surface area (Å²) in [4.78, 5) is 20.4. The van der Waals surface area contributed by atoms with Crippen molar-refractivity contribution in [1.29, 1.82) is 0 Å². The van der Waals surface area contributed by atoms with E-state index in [0.717, 1.165) is 37.5 Å². The standard InChI is InChI=1S/2C18H36O2.Zn/c2*1-17(2)15-13-11-9-7-5-3-4-6-8-10-12-14-16-18(19)20;/h2*17H,3-16H2,1-2H3,(H,19,20);/q;;+2/p-2. The Kier molecular flexibility index (Phi) is 41.3. The summed E-state index contributed by atoms with van der Waals surface area (Å²) >= 11 is 0. The van der Waals surface area contributed by atoms with Crippen LogP contribution in [-0.2, 0) is 29.1 Å². The van der Waals surface area contributed by atoms with Gasteiger partial charge in [0.2, 0.25) is 0 Å². The number of carbonyl (C=O) groups excluding carboxylic acids is 2. The van der Waals surface area contributed by atoms with Gasteiger partial charge in [0.05, 0.1) is 0 Å². The van der Waals surface area contributed by atoms with Crippen LogP contribution in [0.5, 0.6) is 0 Å². The molecule has 4 nitrogen and oxygen atoms in total. The van der Waals surface area contributed by atoms with Crippen LogP contribution in [0.25, 0.3) is 0 Å². The zero-order valence-corrected chi connectivity index (χ0v) is 31.3. The Balaban J connectivity index is -0.000000688. The molecule has 0 heterocycles. The Bertz CT molecular complexity index is 476. The van der Waals surface area contributed by atoms with E-state index in [1.54, 1.807) is 0 Å². The van der Waals surface area contributed by atoms with E-state index >= 15 is 0 Å². The number of carboxylic acid groups (broad SMARTS) is 2. The second-order valence-electron chi connectivity index (χ2n) is 13.1. The molecule has 0 rings (SSSR count). The molecule has 0 bridgehead atoms. The van der Waals surface area contributed by atoms with Crippen LogP contribution in [0, 0.1) is 11.8 Å². The van der Waals surface area contributed by atoms with Gasteiger partial charge in [-0.1, -0.05) is 182 Å². The number of carbonyl (C=O) groups is 2. The molecule has 0 amide bonds. The van der Waals surface area contributed by atoms with Crippen LogP contribution < -0.4 is 10.2 Å². The normalized spacial score (nSPS) is 10.9. The number of carboxylic acids is 2. The SMILES string of the molecule is CC(C)CCCCCCCCCCCCCCC(=O)[O-].CC(C)CCCCCCCCCCCCCCC(=O)[O-].[Zn+2]. The molecule has 0 aliphatic rings. The maximum atomic E-state index is 10.2. The van der Waals surface area contributed by atoms with E-state index in [1.807, 2.05) is 0 Å². The molecule has 0 aromatic rings. The topological polar surface area (TPSA) is 80.3 Å². The minimum Gasteiger partial charge on any atom is -0.550 e. The number of unbranched alkanes of at least 4 members (excludes halogenated alkanes) is 22. The third-order valence-corrected chi connectivity index (χ3v) is 7.82. The van der Waals surface area contributed by atoms with Crippen molar-refractivity contribution in [2.75, 3.05) is 0 Å². The molecule has 41 heavy (non-hydrogen) atoms. The zero-order chi connectivity index (χ0) is 30.1. The number of aliphatic carboxylic acids is 2. The molecule has 0 spiro atoms. The quantitative estimate of drug-likeness (QED) is 0.0584. The molecule has 0 aromatic heterocycles. The van der Waals surface area contributed by atoms with Crippen molar-refractivity contribution in [3.8, 4) is 0 Å². The molecular formula is C36H70O4Zn. The maximum Gasteiger partial charge on any atom is 2.00 e. The zero-order valence-electron chi connectivity index (χ0n) is 28.3. The van der Waals surface area contributed by atoms with Crippen molar-refractivity contribution in [1.82, 2.24) is 0 Å². The van der Waals surface area contributed by atoms with Crippen molar-refractivity contribution in [3.63, 3.8) is 0 Å². The average molecular weight is 632 g/mol. The van der Waals surface area contributed by atoms with E-state index in [4.69, 9.17) is 0 Å². The Morgan fingerprint density at radius 2 is 0.537 bits per heavy atom. The summed E-state index contributed by atoms with van der Waals surface area (Å²) in [7, 11) is 0. The van der Waals surface area contributed by atoms with Crippen molar-refractivity contribution in [2.45, 2.75) is 207 Å². The molecule has 240 valence electrons. The van der Waals surface area contributed by atoms with Crippen LogP contribution in [0.15, 0.2) is 0 Å². The Hall–Kier alpha value is -0.437. The first-order chi connectivity index (χ1) is 19.3. The van der Waals surface area contributed by atoms with Gasteiger partial charge in [-0.2, -0.15) is 0 Å². The van der Waals surface area contributed by atoms with E-state index < -0.39 is 11.9 Å². The predicted octanol–water partition coefficient (Wildman–Crippen LogP) is 9.70. The van der Waals surface area contributed by atoms with Crippen LogP contribution in [0.4, 0.5) is 0 Å². The number of hydrogen-bond donors (Lipinski definition) is 0. The maximum absolute atomic E-state index is 10.2. The molecular weight excluding hydrogens is 562 g/mol. The first-order valence-electron chi connectivity index (χ1n) is 17.6. The third-order valence-electron chi connectivity index (χ3n) is 7.82. The van der Waals surface area contributed by atoms with Crippen molar-refractivity contribution in [2.24, 2.45) is 11.8 Å². The summed E-state index contributed by atoms with van der Waals surface area (Å²) in [5.74, 6) is -0.0830. The smallest absolute Gasteiger partial charge is 0.550 e. The first kappa shape index (κ1) is 45.0. The van der Waals surface area contributed by atoms with Crippen LogP contribution in [-0.4, -0.2) is 11.9 Å². The summed E-state index contributed by atoms with van der Waals surface area (Å²) in [6.45, 7) is 9.22. The molecule has 0 saturated carbocycles. The molecule has 0 aromatic carbocycles. The van der Waals surface area contributed by atoms with Gasteiger partial charge in [0, 0.05) is 11.9 Å². The van der Waals surface area contributed by atoms with Crippen molar-refractivity contribution >= 4 is 11.9 Å². The molecule has 0 saturated heterocycles. The molecule has 0 unspecified atom stereocenters. The fourth-order valence-electron chi connectivity index (χ4n) is 5.18. The molecule has 0 radical (unpaired) electrons. The first-order valence-corrected chi connectivity index (χ1v) is 17.6. The van der Waals surface area contributed by atoms with Crippen molar-refractivity contribution in [3.05, 3.63) is 0 Å². The fourth-order valence-corrected chi connectivity index (χ4v) is 5.18. The Morgan fingerprint density at radius 1 is 0.366 bits per heavy atom. The van der Waals surface area contributed by atoms with Gasteiger partial charge < -0.3 is 19.8 Å². The van der Waals surface area contributed by atoms with E-state index in [2.05, 4.69) is 27.7 Å². The molecule has 0 atom stereocenters. The van der Waals surface area contributed by atoms with Crippen LogP contribution in [0.2, 0.25) is 0 Å². The molecule has 0 N–H and O–H groups in total. The summed E-state index contributed by atoms with van der Waals surface area (Å²) in [6.07, 6.45) is 34.0. The van der Waals surface area contributed by atoms with Gasteiger partial charge in [0.1, 0.15) is 0 Å². The largest absolute Gasteiger partial charge is 2.00 e. The van der Waals surface area contributed by atoms with Gasteiger partial charge in [-0.05, 0) is 37.5 Å². The van der Waals surface area contributed by atoms with Crippen molar-refractivity contribution < 1.29 is 39.3 Å². The monoisotopic (exact) mass is 630 g/mol. The van der Waals surface area contributed by atoms with Crippen LogP contribution in [0.3, 0.4) is 0 Å². The second kappa shape index (κ2) is 37.6. The number of rotatable bonds is 30. The fraction of sp³-hybridized carbons (Fsp3) is 0.944. The predicted molar refractivity (Wildman–Crippen MR) is 169 cm³/mol. The summed E-state index contributed by atoms with van der Waals surface area (Å²) in [5, 5.41) is 20.4. The molecule has 0 aliphatic carbocycles. The molecule has 0 aliphatic heterocycles. The second-order valence-corrected chi connectivity index (χ2v) is 13.1. The van der Waals surface area contributed by atoms with Crippen LogP contribution in [0.1, 0.15) is 207 Å². The van der Waals surface area contributed by atoms with E-state index in [-0.39, 0.29) is 32.3 Å². The molecule has 0 fully saturated rings. The van der Waals surface area contributed by atoms with Gasteiger partial charge in [-0.15, -0.1) is 0 Å². The van der Waals surface area contributed by atoms with Gasteiger partial charge in [-0.25, -0.2) is 0 Å². The minimum absolute atomic E-state index is 0. The van der Waals surface area contributed by atoms with Gasteiger partial charge in [0.25, 0.3) is 0 Å². The molecule has 5 heteroatoms. The summed E-state index contributed by atoms with van der Waals surface area (Å²) < 4.78 is 0. The van der Waals surface area contributed by atoms with Gasteiger partial charge in [0.15, 0.2) is 0 Å². The average Bonchev–Trinajstić information content (AvgIpc) is 2.88. The van der Waals surface area contributed by atoms with Gasteiger partial charge in [-0.3, -0.25) is 0 Å². The Morgan fingerprint density at radius 3 is 0.707 bits per heavy atom. The van der Waals surface area contributed by atoms with E-state index in [0.29, 0.717) is 0 Å². The van der Waals surface area contributed by atoms with Gasteiger partial charge >= 0.3 is 19.5 Å².